The van der Waals surface area contributed by atoms with Crippen LogP contribution in [0, 0.1) is 11.8 Å². The predicted octanol–water partition coefficient (Wildman–Crippen LogP) is 1.38. The Morgan fingerprint density at radius 3 is 2.00 bits per heavy atom. The minimum atomic E-state index is -0.694. The summed E-state index contributed by atoms with van der Waals surface area (Å²) in [6.45, 7) is 9.34. The Morgan fingerprint density at radius 1 is 0.885 bits per heavy atom. The van der Waals surface area contributed by atoms with Crippen LogP contribution in [-0.4, -0.2) is 48.0 Å². The van der Waals surface area contributed by atoms with Gasteiger partial charge >= 0.3 is 0 Å². The largest absolute Gasteiger partial charge is 0.355 e. The molecule has 150 valence electrons. The van der Waals surface area contributed by atoms with Gasteiger partial charge in [-0.15, -0.1) is 11.6 Å². The van der Waals surface area contributed by atoms with Crippen molar-refractivity contribution in [1.82, 2.24) is 16.0 Å². The Hall–Kier alpha value is -1.63. The van der Waals surface area contributed by atoms with E-state index in [1.165, 1.54) is 0 Å². The molecule has 8 heteroatoms. The second-order valence-electron chi connectivity index (χ2n) is 7.02. The number of ketones is 1. The van der Waals surface area contributed by atoms with Crippen molar-refractivity contribution >= 4 is 35.1 Å². The first-order valence-corrected chi connectivity index (χ1v) is 9.59. The summed E-state index contributed by atoms with van der Waals surface area (Å²) in [6.07, 6.45) is 1.49. The number of halogens is 1. The quantitative estimate of drug-likeness (QED) is 0.346. The molecule has 26 heavy (non-hydrogen) atoms. The Balaban J connectivity index is 4.40. The van der Waals surface area contributed by atoms with E-state index in [9.17, 15) is 19.2 Å². The highest BCUT2D eigenvalue weighted by Crippen LogP contribution is 2.06. The number of rotatable bonds is 12. The van der Waals surface area contributed by atoms with Crippen LogP contribution in [0.25, 0.3) is 0 Å². The fraction of sp³-hybridized carbons (Fsp3) is 0.778. The number of amides is 3. The summed E-state index contributed by atoms with van der Waals surface area (Å²) in [5, 5.41) is 8.04. The smallest absolute Gasteiger partial charge is 0.243 e. The number of alkyl halides is 1. The summed E-state index contributed by atoms with van der Waals surface area (Å²) in [4.78, 5) is 47.4. The lowest BCUT2D eigenvalue weighted by Gasteiger charge is -2.24. The highest BCUT2D eigenvalue weighted by atomic mass is 35.5. The van der Waals surface area contributed by atoms with Gasteiger partial charge in [-0.25, -0.2) is 0 Å². The van der Waals surface area contributed by atoms with Gasteiger partial charge in [-0.1, -0.05) is 27.7 Å². The molecule has 3 amide bonds. The van der Waals surface area contributed by atoms with Gasteiger partial charge < -0.3 is 16.0 Å². The molecular weight excluding hydrogens is 358 g/mol. The van der Waals surface area contributed by atoms with Crippen LogP contribution >= 0.6 is 11.6 Å². The minimum Gasteiger partial charge on any atom is -0.355 e. The molecule has 0 aliphatic carbocycles. The van der Waals surface area contributed by atoms with E-state index in [0.29, 0.717) is 19.4 Å². The number of carbonyl (C=O) groups excluding carboxylic acids is 4. The number of unbranched alkanes of at least 4 members (excludes halogenated alkanes) is 1. The zero-order valence-electron chi connectivity index (χ0n) is 16.4. The lowest BCUT2D eigenvalue weighted by molar-refractivity contribution is -0.133. The van der Waals surface area contributed by atoms with Gasteiger partial charge in [0, 0.05) is 18.9 Å². The summed E-state index contributed by atoms with van der Waals surface area (Å²) in [5.74, 6) is -1.23. The molecule has 0 spiro atoms. The second-order valence-corrected chi connectivity index (χ2v) is 7.28. The van der Waals surface area contributed by atoms with Crippen LogP contribution in [0.5, 0.6) is 0 Å². The minimum absolute atomic E-state index is 0.0498. The SMILES string of the molecule is CC(C)C(=O)[C@H](C)NC(=O)C(NC(=O)CCCCNC(=O)CCl)C(C)C. The molecule has 0 bridgehead atoms. The molecule has 0 aromatic heterocycles. The molecule has 0 rings (SSSR count). The van der Waals surface area contributed by atoms with E-state index in [2.05, 4.69) is 16.0 Å². The lowest BCUT2D eigenvalue weighted by Crippen LogP contribution is -2.53. The van der Waals surface area contributed by atoms with Crippen molar-refractivity contribution in [3.05, 3.63) is 0 Å². The first-order valence-electron chi connectivity index (χ1n) is 9.06. The number of nitrogens with one attached hydrogen (secondary N) is 3. The Labute approximate surface area is 161 Å². The van der Waals surface area contributed by atoms with Crippen molar-refractivity contribution in [1.29, 1.82) is 0 Å². The molecule has 0 radical (unpaired) electrons. The standard InChI is InChI=1S/C18H32ClN3O4/c1-11(2)16(18(26)21-13(5)17(25)12(3)4)22-14(23)8-6-7-9-20-15(24)10-19/h11-13,16H,6-10H2,1-5H3,(H,20,24)(H,21,26)(H,22,23)/t13-,16?/m0/s1. The molecule has 3 N–H and O–H groups in total. The summed E-state index contributed by atoms with van der Waals surface area (Å²) < 4.78 is 0. The molecule has 0 saturated heterocycles. The number of Topliss-reactive ketones (excluding diaryl/α,β-unsaturated/α-hetero) is 1. The molecule has 0 fully saturated rings. The molecule has 0 aliphatic rings. The molecule has 7 nitrogen and oxygen atoms in total. The predicted molar refractivity (Wildman–Crippen MR) is 102 cm³/mol. The van der Waals surface area contributed by atoms with Gasteiger partial charge in [0.15, 0.2) is 5.78 Å². The van der Waals surface area contributed by atoms with Crippen molar-refractivity contribution in [2.24, 2.45) is 11.8 Å². The molecule has 0 heterocycles. The lowest BCUT2D eigenvalue weighted by atomic mass is 10.00. The second kappa shape index (κ2) is 12.7. The van der Waals surface area contributed by atoms with E-state index >= 15 is 0 Å². The van der Waals surface area contributed by atoms with Crippen LogP contribution in [0.4, 0.5) is 0 Å². The maximum Gasteiger partial charge on any atom is 0.243 e. The molecule has 0 aromatic carbocycles. The maximum absolute atomic E-state index is 12.4. The molecule has 2 atom stereocenters. The number of carbonyl (C=O) groups is 4. The maximum atomic E-state index is 12.4. The van der Waals surface area contributed by atoms with Gasteiger partial charge in [-0.3, -0.25) is 19.2 Å². The molecule has 0 saturated carbocycles. The van der Waals surface area contributed by atoms with E-state index in [4.69, 9.17) is 11.6 Å². The van der Waals surface area contributed by atoms with Gasteiger partial charge in [0.05, 0.1) is 6.04 Å². The van der Waals surface area contributed by atoms with Crippen LogP contribution in [-0.2, 0) is 19.2 Å². The van der Waals surface area contributed by atoms with Crippen LogP contribution in [0.2, 0.25) is 0 Å². The van der Waals surface area contributed by atoms with Gasteiger partial charge in [-0.2, -0.15) is 0 Å². The van der Waals surface area contributed by atoms with Gasteiger partial charge in [0.25, 0.3) is 0 Å². The van der Waals surface area contributed by atoms with Crippen molar-refractivity contribution in [2.75, 3.05) is 12.4 Å². The average Bonchev–Trinajstić information content (AvgIpc) is 2.57. The highest BCUT2D eigenvalue weighted by molar-refractivity contribution is 6.27. The summed E-state index contributed by atoms with van der Waals surface area (Å²) in [5.41, 5.74) is 0. The van der Waals surface area contributed by atoms with Crippen LogP contribution in [0.15, 0.2) is 0 Å². The monoisotopic (exact) mass is 389 g/mol. The van der Waals surface area contributed by atoms with E-state index in [1.807, 2.05) is 13.8 Å². The normalized spacial score (nSPS) is 13.2. The molecule has 0 aliphatic heterocycles. The highest BCUT2D eigenvalue weighted by Gasteiger charge is 2.27. The van der Waals surface area contributed by atoms with Crippen LogP contribution in [0.3, 0.4) is 0 Å². The van der Waals surface area contributed by atoms with Crippen molar-refractivity contribution in [3.63, 3.8) is 0 Å². The van der Waals surface area contributed by atoms with Gasteiger partial charge in [0.2, 0.25) is 17.7 Å². The third kappa shape index (κ3) is 9.75. The third-order valence-corrected chi connectivity index (χ3v) is 4.14. The fourth-order valence-corrected chi connectivity index (χ4v) is 2.43. The van der Waals surface area contributed by atoms with E-state index < -0.39 is 12.1 Å². The number of hydrogen-bond donors (Lipinski definition) is 3. The molecule has 1 unspecified atom stereocenters. The average molecular weight is 390 g/mol. The third-order valence-electron chi connectivity index (χ3n) is 3.89. The Bertz CT molecular complexity index is 495. The van der Waals surface area contributed by atoms with Crippen molar-refractivity contribution in [2.45, 2.75) is 66.0 Å². The van der Waals surface area contributed by atoms with Crippen molar-refractivity contribution < 1.29 is 19.2 Å². The zero-order valence-corrected chi connectivity index (χ0v) is 17.1. The van der Waals surface area contributed by atoms with Gasteiger partial charge in [-0.05, 0) is 25.7 Å². The molecule has 0 aromatic rings. The molecular formula is C18H32ClN3O4. The summed E-state index contributed by atoms with van der Waals surface area (Å²) in [7, 11) is 0. The zero-order chi connectivity index (χ0) is 20.3. The summed E-state index contributed by atoms with van der Waals surface area (Å²) in [6, 6.07) is -1.29. The Morgan fingerprint density at radius 2 is 1.50 bits per heavy atom. The topological polar surface area (TPSA) is 104 Å². The van der Waals surface area contributed by atoms with E-state index in [0.717, 1.165) is 0 Å². The van der Waals surface area contributed by atoms with E-state index in [-0.39, 0.29) is 47.6 Å². The number of hydrogen-bond acceptors (Lipinski definition) is 4. The first kappa shape index (κ1) is 24.4. The fourth-order valence-electron chi connectivity index (χ4n) is 2.34. The Kier molecular flexibility index (Phi) is 11.9. The van der Waals surface area contributed by atoms with Crippen LogP contribution < -0.4 is 16.0 Å². The summed E-state index contributed by atoms with van der Waals surface area (Å²) >= 11 is 5.37. The van der Waals surface area contributed by atoms with E-state index in [1.54, 1.807) is 20.8 Å². The van der Waals surface area contributed by atoms with Crippen LogP contribution in [0.1, 0.15) is 53.9 Å². The van der Waals surface area contributed by atoms with Crippen molar-refractivity contribution in [3.8, 4) is 0 Å². The first-order chi connectivity index (χ1) is 12.1. The van der Waals surface area contributed by atoms with Gasteiger partial charge in [0.1, 0.15) is 11.9 Å².